The minimum Gasteiger partial charge on any atom is -0.443 e. The molecule has 0 aromatic carbocycles. The molecule has 1 saturated heterocycles. The lowest BCUT2D eigenvalue weighted by atomic mass is 10.7. The second kappa shape index (κ2) is 3.52. The van der Waals surface area contributed by atoms with Crippen molar-refractivity contribution in [1.82, 2.24) is 10.3 Å². The Labute approximate surface area is 88.6 Å². The highest BCUT2D eigenvalue weighted by Gasteiger charge is 2.53. The molecule has 2 heterocycles. The summed E-state index contributed by atoms with van der Waals surface area (Å²) in [6.07, 6.45) is 0.387. The van der Waals surface area contributed by atoms with Crippen molar-refractivity contribution in [2.45, 2.75) is 5.78 Å². The zero-order valence-electron chi connectivity index (χ0n) is 7.27. The lowest BCUT2D eigenvalue weighted by Crippen LogP contribution is -2.32. The molecular weight excluding hydrogens is 247 g/mol. The van der Waals surface area contributed by atoms with Crippen molar-refractivity contribution in [2.75, 3.05) is 6.61 Å². The predicted molar refractivity (Wildman–Crippen MR) is 52.2 cm³/mol. The lowest BCUT2D eigenvalue weighted by Gasteiger charge is -2.12. The van der Waals surface area contributed by atoms with Crippen LogP contribution in [0, 0.1) is 0 Å². The number of H-pyrrole nitrogens is 1. The van der Waals surface area contributed by atoms with Crippen LogP contribution in [-0.4, -0.2) is 28.4 Å². The smallest absolute Gasteiger partial charge is 0.419 e. The number of halogens is 1. The number of aromatic nitrogens is 1. The number of carbonyl (C=O) groups is 1. The normalized spacial score (nSPS) is 24.4. The van der Waals surface area contributed by atoms with Crippen LogP contribution in [0.1, 0.15) is 0 Å². The fourth-order valence-corrected chi connectivity index (χ4v) is 3.05. The van der Waals surface area contributed by atoms with Crippen LogP contribution >= 0.6 is 18.1 Å². The summed E-state index contributed by atoms with van der Waals surface area (Å²) >= 11 is 5.89. The topological polar surface area (TPSA) is 105 Å². The molecule has 7 nitrogen and oxygen atoms in total. The van der Waals surface area contributed by atoms with Crippen LogP contribution in [0.5, 0.6) is 0 Å². The zero-order chi connectivity index (χ0) is 11.1. The van der Waals surface area contributed by atoms with E-state index >= 15 is 0 Å². The largest absolute Gasteiger partial charge is 0.443 e. The Morgan fingerprint density at radius 3 is 2.80 bits per heavy atom. The quantitative estimate of drug-likeness (QED) is 0.630. The highest BCUT2D eigenvalue weighted by molar-refractivity contribution is 8.00. The van der Waals surface area contributed by atoms with Gasteiger partial charge in [-0.3, -0.25) is 10.3 Å². The summed E-state index contributed by atoms with van der Waals surface area (Å²) in [6, 6.07) is 0. The Balaban J connectivity index is 2.26. The molecule has 2 atom stereocenters. The van der Waals surface area contributed by atoms with Crippen molar-refractivity contribution >= 4 is 29.6 Å². The van der Waals surface area contributed by atoms with Gasteiger partial charge in [0, 0.05) is 0 Å². The fraction of sp³-hybridized carbons (Fsp3) is 0.333. The van der Waals surface area contributed by atoms with Crippen molar-refractivity contribution in [2.24, 2.45) is 0 Å². The van der Waals surface area contributed by atoms with Gasteiger partial charge >= 0.3 is 18.7 Å². The summed E-state index contributed by atoms with van der Waals surface area (Å²) in [5.74, 6) is -1.45. The van der Waals surface area contributed by atoms with Crippen molar-refractivity contribution < 1.29 is 18.8 Å². The molecule has 0 spiro atoms. The maximum Gasteiger partial charge on any atom is 0.419 e. The van der Waals surface area contributed by atoms with Crippen molar-refractivity contribution in [3.63, 3.8) is 0 Å². The molecule has 9 heteroatoms. The van der Waals surface area contributed by atoms with E-state index < -0.39 is 24.5 Å². The van der Waals surface area contributed by atoms with E-state index in [1.54, 1.807) is 0 Å². The van der Waals surface area contributed by atoms with Gasteiger partial charge in [-0.05, 0) is 0 Å². The summed E-state index contributed by atoms with van der Waals surface area (Å²) < 4.78 is 9.05. The monoisotopic (exact) mass is 253 g/mol. The molecule has 2 unspecified atom stereocenters. The van der Waals surface area contributed by atoms with Gasteiger partial charge in [0.25, 0.3) is 5.44 Å². The number of hydrogen-bond acceptors (Lipinski definition) is 5. The van der Waals surface area contributed by atoms with Crippen molar-refractivity contribution in [3.05, 3.63) is 16.8 Å². The zero-order valence-corrected chi connectivity index (χ0v) is 8.92. The average Bonchev–Trinajstić information content (AvgIpc) is 2.74. The fourth-order valence-electron chi connectivity index (χ4n) is 1.15. The Morgan fingerprint density at radius 2 is 2.33 bits per heavy atom. The van der Waals surface area contributed by atoms with Gasteiger partial charge in [0.05, 0.1) is 0 Å². The number of nitrogens with one attached hydrogen (secondary N) is 2. The van der Waals surface area contributed by atoms with Crippen molar-refractivity contribution in [3.8, 4) is 0 Å². The molecule has 2 rings (SSSR count). The van der Waals surface area contributed by atoms with E-state index in [1.165, 1.54) is 0 Å². The first-order valence-corrected chi connectivity index (χ1v) is 6.64. The third kappa shape index (κ3) is 1.86. The number of ether oxygens (including phenoxy) is 1. The summed E-state index contributed by atoms with van der Waals surface area (Å²) in [5, 5.41) is 2.34. The Bertz CT molecular complexity index is 441. The van der Waals surface area contributed by atoms with Gasteiger partial charge in [0.2, 0.25) is 5.78 Å². The molecule has 1 aliphatic heterocycles. The number of amides is 1. The Morgan fingerprint density at radius 1 is 1.60 bits per heavy atom. The Hall–Kier alpha value is -1.04. The molecule has 0 saturated carbocycles. The lowest BCUT2D eigenvalue weighted by molar-refractivity contribution is 0.178. The molecule has 1 aromatic heterocycles. The van der Waals surface area contributed by atoms with E-state index in [0.29, 0.717) is 0 Å². The van der Waals surface area contributed by atoms with Crippen molar-refractivity contribution in [1.29, 1.82) is 0 Å². The highest BCUT2D eigenvalue weighted by atomic mass is 35.7. The first-order valence-electron chi connectivity index (χ1n) is 3.93. The van der Waals surface area contributed by atoms with Crippen LogP contribution in [-0.2, 0) is 4.74 Å². The maximum atomic E-state index is 10.8. The number of alkyl carbamates (subject to hydrolysis) is 1. The molecular formula is C6H7ClN2O5P+. The molecule has 1 aliphatic rings. The van der Waals surface area contributed by atoms with E-state index in [9.17, 15) is 14.5 Å². The van der Waals surface area contributed by atoms with E-state index in [2.05, 4.69) is 19.5 Å². The number of aromatic amines is 1. The highest BCUT2D eigenvalue weighted by Crippen LogP contribution is 2.62. The number of carbonyl (C=O) groups excluding carboxylic acids is 1. The molecule has 0 aliphatic carbocycles. The Kier molecular flexibility index (Phi) is 2.46. The van der Waals surface area contributed by atoms with Gasteiger partial charge in [-0.15, -0.1) is 0 Å². The minimum absolute atomic E-state index is 0.0418. The first kappa shape index (κ1) is 10.5. The third-order valence-corrected chi connectivity index (χ3v) is 5.17. The van der Waals surface area contributed by atoms with E-state index in [1.807, 2.05) is 0 Å². The van der Waals surface area contributed by atoms with Gasteiger partial charge in [-0.1, -0.05) is 0 Å². The van der Waals surface area contributed by atoms with E-state index in [4.69, 9.17) is 11.2 Å². The molecule has 82 valence electrons. The third-order valence-electron chi connectivity index (χ3n) is 1.92. The van der Waals surface area contributed by atoms with Gasteiger partial charge in [0.1, 0.15) is 11.2 Å². The second-order valence-corrected chi connectivity index (χ2v) is 6.75. The molecule has 3 N–H and O–H groups in total. The van der Waals surface area contributed by atoms with Crippen LogP contribution in [0.4, 0.5) is 4.79 Å². The summed E-state index contributed by atoms with van der Waals surface area (Å²) in [6.45, 7) is -3.23. The predicted octanol–water partition coefficient (Wildman–Crippen LogP) is -0.262. The van der Waals surface area contributed by atoms with Gasteiger partial charge in [-0.2, -0.15) is 0 Å². The molecule has 0 radical (unpaired) electrons. The van der Waals surface area contributed by atoms with E-state index in [-0.39, 0.29) is 12.0 Å². The summed E-state index contributed by atoms with van der Waals surface area (Å²) in [5.41, 5.74) is 0.0740. The summed E-state index contributed by atoms with van der Waals surface area (Å²) in [7, 11) is 0. The average molecular weight is 254 g/mol. The SMILES string of the molecule is O=C1NC([P+](O)(Cl)c2coc(=O)[nH]2)CO1. The minimum atomic E-state index is -3.19. The van der Waals surface area contributed by atoms with Crippen LogP contribution in [0.15, 0.2) is 15.5 Å². The molecule has 1 aromatic rings. The van der Waals surface area contributed by atoms with Crippen LogP contribution in [0.25, 0.3) is 0 Å². The number of hydrogen-bond donors (Lipinski definition) is 3. The standard InChI is InChI=1S/C6H6ClN2O5P/c7-15(12,3-1-13-5(10)8-3)4-2-14-6(11)9-4/h1,4,12H,2H2,(H-,8,9,10,11)/p+1. The summed E-state index contributed by atoms with van der Waals surface area (Å²) in [4.78, 5) is 33.7. The molecule has 1 fully saturated rings. The molecule has 0 bridgehead atoms. The maximum absolute atomic E-state index is 10.8. The number of rotatable bonds is 2. The van der Waals surface area contributed by atoms with Crippen LogP contribution in [0.3, 0.4) is 0 Å². The van der Waals surface area contributed by atoms with Gasteiger partial charge < -0.3 is 9.15 Å². The molecule has 1 amide bonds. The second-order valence-electron chi connectivity index (χ2n) is 2.89. The van der Waals surface area contributed by atoms with E-state index in [0.717, 1.165) is 6.26 Å². The van der Waals surface area contributed by atoms with Gasteiger partial charge in [0.15, 0.2) is 12.9 Å². The van der Waals surface area contributed by atoms with Crippen LogP contribution in [0.2, 0.25) is 0 Å². The first-order chi connectivity index (χ1) is 7.00. The van der Waals surface area contributed by atoms with Crippen LogP contribution < -0.4 is 16.5 Å². The number of oxazole rings is 1. The van der Waals surface area contributed by atoms with Gasteiger partial charge in [-0.25, -0.2) is 14.5 Å². The number of cyclic esters (lactones) is 1. The molecule has 15 heavy (non-hydrogen) atoms.